The van der Waals surface area contributed by atoms with Gasteiger partial charge < -0.3 is 25.7 Å². The van der Waals surface area contributed by atoms with Crippen LogP contribution in [-0.4, -0.2) is 34.8 Å². The lowest BCUT2D eigenvalue weighted by atomic mass is 10.0. The van der Waals surface area contributed by atoms with E-state index >= 15 is 0 Å². The largest absolute Gasteiger partial charge is 0.397 e. The molecule has 3 aromatic heterocycles. The third kappa shape index (κ3) is 6.28. The van der Waals surface area contributed by atoms with Crippen LogP contribution >= 0.6 is 0 Å². The fourth-order valence-corrected chi connectivity index (χ4v) is 5.07. The van der Waals surface area contributed by atoms with Crippen LogP contribution in [-0.2, 0) is 19.5 Å². The highest BCUT2D eigenvalue weighted by atomic mass is 16.3. The van der Waals surface area contributed by atoms with Crippen LogP contribution in [0.1, 0.15) is 58.1 Å². The van der Waals surface area contributed by atoms with Crippen molar-refractivity contribution in [3.05, 3.63) is 78.5 Å². The first-order chi connectivity index (χ1) is 19.5. The Bertz CT molecular complexity index is 1680. The molecule has 41 heavy (non-hydrogen) atoms. The van der Waals surface area contributed by atoms with E-state index in [1.54, 1.807) is 0 Å². The van der Waals surface area contributed by atoms with Crippen LogP contribution in [0.2, 0.25) is 0 Å². The molecule has 1 unspecified atom stereocenters. The van der Waals surface area contributed by atoms with Crippen molar-refractivity contribution in [3.8, 4) is 11.3 Å². The van der Waals surface area contributed by atoms with Crippen molar-refractivity contribution in [1.82, 2.24) is 24.1 Å². The molecule has 0 aliphatic rings. The summed E-state index contributed by atoms with van der Waals surface area (Å²) in [6.07, 6.45) is 3.29. The van der Waals surface area contributed by atoms with Crippen molar-refractivity contribution in [1.29, 1.82) is 0 Å². The molecular formula is C33H43N7O. The number of rotatable bonds is 8. The summed E-state index contributed by atoms with van der Waals surface area (Å²) < 4.78 is 4.26. The van der Waals surface area contributed by atoms with Crippen LogP contribution in [0.5, 0.6) is 0 Å². The van der Waals surface area contributed by atoms with Crippen LogP contribution < -0.4 is 11.5 Å². The number of fused-ring (bicyclic) bond motifs is 3. The third-order valence-electron chi connectivity index (χ3n) is 7.37. The predicted octanol–water partition coefficient (Wildman–Crippen LogP) is 6.33. The first kappa shape index (κ1) is 29.8. The molecule has 3 heterocycles. The number of aryl methyl sites for hydroxylation is 2. The molecule has 5 aromatic rings. The van der Waals surface area contributed by atoms with E-state index in [2.05, 4.69) is 71.6 Å². The highest BCUT2D eigenvalue weighted by Gasteiger charge is 2.26. The number of benzene rings is 2. The van der Waals surface area contributed by atoms with Crippen molar-refractivity contribution < 1.29 is 5.11 Å². The highest BCUT2D eigenvalue weighted by molar-refractivity contribution is 6.06. The van der Waals surface area contributed by atoms with E-state index in [-0.39, 0.29) is 0 Å². The lowest BCUT2D eigenvalue weighted by molar-refractivity contribution is 0.0376. The molecule has 0 saturated heterocycles. The fraction of sp³-hybridized carbons (Fsp3) is 0.364. The van der Waals surface area contributed by atoms with Crippen LogP contribution in [0, 0.1) is 12.8 Å². The number of nitrogens with two attached hydrogens (primary N) is 2. The smallest absolute Gasteiger partial charge is 0.152 e. The average molecular weight is 554 g/mol. The van der Waals surface area contributed by atoms with Crippen LogP contribution in [0.3, 0.4) is 0 Å². The molecule has 0 radical (unpaired) electrons. The summed E-state index contributed by atoms with van der Waals surface area (Å²) >= 11 is 0. The van der Waals surface area contributed by atoms with E-state index in [4.69, 9.17) is 16.5 Å². The maximum atomic E-state index is 10.6. The minimum Gasteiger partial charge on any atom is -0.397 e. The molecule has 216 valence electrons. The Morgan fingerprint density at radius 2 is 1.76 bits per heavy atom. The monoisotopic (exact) mass is 553 g/mol. The van der Waals surface area contributed by atoms with Gasteiger partial charge in [0.25, 0.3) is 0 Å². The van der Waals surface area contributed by atoms with Gasteiger partial charge in [-0.25, -0.2) is 15.0 Å². The number of aliphatic hydroxyl groups is 1. The Morgan fingerprint density at radius 1 is 1.07 bits per heavy atom. The van der Waals surface area contributed by atoms with E-state index in [1.807, 2.05) is 50.5 Å². The van der Waals surface area contributed by atoms with Crippen LogP contribution in [0.15, 0.2) is 61.4 Å². The summed E-state index contributed by atoms with van der Waals surface area (Å²) in [7, 11) is 0. The van der Waals surface area contributed by atoms with E-state index in [0.29, 0.717) is 36.1 Å². The summed E-state index contributed by atoms with van der Waals surface area (Å²) in [5.74, 6) is 1.99. The SMILES string of the molecule is C=C(N)c1nc(CC)n(CC(C)(O)CC)c1-c1ccccc1C.CC(C)Cn1cnc2c(N)nc3ccccc3c21. The number of pyridine rings is 1. The number of hydrogen-bond acceptors (Lipinski definition) is 6. The summed E-state index contributed by atoms with van der Waals surface area (Å²) in [6.45, 7) is 17.7. The third-order valence-corrected chi connectivity index (χ3v) is 7.37. The van der Waals surface area contributed by atoms with Crippen LogP contribution in [0.4, 0.5) is 5.82 Å². The minimum atomic E-state index is -0.796. The number of hydrogen-bond donors (Lipinski definition) is 3. The minimum absolute atomic E-state index is 0.452. The quantitative estimate of drug-likeness (QED) is 0.206. The number of imidazole rings is 2. The fourth-order valence-electron chi connectivity index (χ4n) is 5.07. The van der Waals surface area contributed by atoms with Crippen molar-refractivity contribution >= 4 is 33.5 Å². The Morgan fingerprint density at radius 3 is 2.39 bits per heavy atom. The second-order valence-electron chi connectivity index (χ2n) is 11.4. The van der Waals surface area contributed by atoms with Gasteiger partial charge in [-0.05, 0) is 37.8 Å². The highest BCUT2D eigenvalue weighted by Crippen LogP contribution is 2.32. The molecule has 0 fully saturated rings. The molecule has 0 aliphatic heterocycles. The molecular weight excluding hydrogens is 510 g/mol. The topological polar surface area (TPSA) is 121 Å². The van der Waals surface area contributed by atoms with E-state index in [1.165, 1.54) is 0 Å². The van der Waals surface area contributed by atoms with Gasteiger partial charge >= 0.3 is 0 Å². The summed E-state index contributed by atoms with van der Waals surface area (Å²) in [4.78, 5) is 13.5. The molecule has 1 atom stereocenters. The molecule has 8 heteroatoms. The molecule has 5 rings (SSSR count). The van der Waals surface area contributed by atoms with Crippen molar-refractivity contribution in [2.75, 3.05) is 5.73 Å². The number of para-hydroxylation sites is 1. The standard InChI is InChI=1S/C19H27N3O.C14H16N4/c1-6-16-21-17(14(4)20)18(15-11-9-8-10-13(15)3)22(16)12-19(5,23)7-2;1-9(2)7-18-8-16-12-13(18)10-5-3-4-6-11(10)17-14(12)15/h8-11,23H,4,6-7,12,20H2,1-3,5H3;3-6,8-9H,7H2,1-2H3,(H2,15,17). The van der Waals surface area contributed by atoms with Gasteiger partial charge in [0.1, 0.15) is 17.0 Å². The second kappa shape index (κ2) is 12.1. The zero-order chi connectivity index (χ0) is 29.9. The molecule has 2 aromatic carbocycles. The maximum Gasteiger partial charge on any atom is 0.152 e. The molecule has 0 amide bonds. The van der Waals surface area contributed by atoms with Gasteiger partial charge in [0, 0.05) is 23.9 Å². The lowest BCUT2D eigenvalue weighted by Gasteiger charge is -2.25. The lowest BCUT2D eigenvalue weighted by Crippen LogP contribution is -2.30. The Kier molecular flexibility index (Phi) is 8.83. The first-order valence-corrected chi connectivity index (χ1v) is 14.3. The van der Waals surface area contributed by atoms with Crippen molar-refractivity contribution in [3.63, 3.8) is 0 Å². The average Bonchev–Trinajstić information content (AvgIpc) is 3.51. The summed E-state index contributed by atoms with van der Waals surface area (Å²) in [5.41, 5.74) is 18.3. The number of nitrogens with zero attached hydrogens (tertiary/aromatic N) is 5. The Hall–Kier alpha value is -4.17. The van der Waals surface area contributed by atoms with Gasteiger partial charge in [-0.2, -0.15) is 0 Å². The van der Waals surface area contributed by atoms with E-state index in [9.17, 15) is 5.11 Å². The van der Waals surface area contributed by atoms with Gasteiger partial charge in [0.05, 0.1) is 40.9 Å². The molecule has 0 bridgehead atoms. The van der Waals surface area contributed by atoms with E-state index in [0.717, 1.165) is 57.5 Å². The van der Waals surface area contributed by atoms with Gasteiger partial charge in [-0.3, -0.25) is 0 Å². The predicted molar refractivity (Wildman–Crippen MR) is 170 cm³/mol. The normalized spacial score (nSPS) is 12.9. The molecule has 0 aliphatic carbocycles. The molecule has 0 spiro atoms. The number of aromatic nitrogens is 5. The zero-order valence-electron chi connectivity index (χ0n) is 25.1. The van der Waals surface area contributed by atoms with Crippen molar-refractivity contribution in [2.45, 2.75) is 73.1 Å². The number of anilines is 1. The second-order valence-corrected chi connectivity index (χ2v) is 11.4. The summed E-state index contributed by atoms with van der Waals surface area (Å²) in [5, 5.41) is 11.7. The van der Waals surface area contributed by atoms with Crippen molar-refractivity contribution in [2.24, 2.45) is 11.7 Å². The molecule has 8 nitrogen and oxygen atoms in total. The summed E-state index contributed by atoms with van der Waals surface area (Å²) in [6, 6.07) is 16.2. The van der Waals surface area contributed by atoms with E-state index < -0.39 is 5.60 Å². The zero-order valence-corrected chi connectivity index (χ0v) is 25.1. The Balaban J connectivity index is 0.000000194. The molecule has 0 saturated carbocycles. The van der Waals surface area contributed by atoms with Gasteiger partial charge in [-0.15, -0.1) is 0 Å². The maximum absolute atomic E-state index is 10.6. The first-order valence-electron chi connectivity index (χ1n) is 14.3. The Labute approximate surface area is 242 Å². The van der Waals surface area contributed by atoms with Gasteiger partial charge in [0.2, 0.25) is 0 Å². The van der Waals surface area contributed by atoms with Gasteiger partial charge in [0.15, 0.2) is 5.82 Å². The van der Waals surface area contributed by atoms with Gasteiger partial charge in [-0.1, -0.05) is 76.7 Å². The molecule has 5 N–H and O–H groups in total. The van der Waals surface area contributed by atoms with Crippen LogP contribution in [0.25, 0.3) is 38.9 Å². The number of nitrogen functional groups attached to an aromatic ring is 1.